The first kappa shape index (κ1) is 16.4. The summed E-state index contributed by atoms with van der Waals surface area (Å²) >= 11 is 5.80. The van der Waals surface area contributed by atoms with Crippen LogP contribution in [0.1, 0.15) is 5.56 Å². The molecule has 0 aliphatic rings. The maximum absolute atomic E-state index is 11.2. The van der Waals surface area contributed by atoms with E-state index in [1.807, 2.05) is 5.43 Å². The van der Waals surface area contributed by atoms with Crippen LogP contribution in [0.25, 0.3) is 0 Å². The molecule has 1 aromatic carbocycles. The van der Waals surface area contributed by atoms with Crippen LogP contribution in [0.3, 0.4) is 0 Å². The predicted octanol–water partition coefficient (Wildman–Crippen LogP) is -1.34. The number of rotatable bonds is 5. The number of amides is 2. The highest BCUT2D eigenvalue weighted by Crippen LogP contribution is 2.21. The van der Waals surface area contributed by atoms with Crippen molar-refractivity contribution in [1.29, 1.82) is 0 Å². The van der Waals surface area contributed by atoms with Gasteiger partial charge in [-0.1, -0.05) is 11.6 Å². The number of hydrogen-bond acceptors (Lipinski definition) is 6. The van der Waals surface area contributed by atoms with E-state index >= 15 is 0 Å². The summed E-state index contributed by atoms with van der Waals surface area (Å²) in [6.07, 6.45) is 1.16. The van der Waals surface area contributed by atoms with Crippen molar-refractivity contribution in [2.45, 2.75) is 0 Å². The molecular formula is C12H11ClN3O5-. The van der Waals surface area contributed by atoms with Gasteiger partial charge in [0.25, 0.3) is 0 Å². The van der Waals surface area contributed by atoms with Crippen molar-refractivity contribution in [3.8, 4) is 5.75 Å². The second kappa shape index (κ2) is 7.85. The topological polar surface area (TPSA) is 120 Å². The molecule has 0 unspecified atom stereocenters. The highest BCUT2D eigenvalue weighted by atomic mass is 35.5. The molecule has 9 heteroatoms. The molecule has 0 radical (unpaired) electrons. The van der Waals surface area contributed by atoms with Crippen LogP contribution in [0.4, 0.5) is 0 Å². The predicted molar refractivity (Wildman–Crippen MR) is 71.8 cm³/mol. The molecule has 1 aromatic rings. The van der Waals surface area contributed by atoms with Crippen molar-refractivity contribution in [3.63, 3.8) is 0 Å². The summed E-state index contributed by atoms with van der Waals surface area (Å²) in [5.41, 5.74) is 2.30. The summed E-state index contributed by atoms with van der Waals surface area (Å²) < 4.78 is 4.98. The third kappa shape index (κ3) is 5.49. The lowest BCUT2D eigenvalue weighted by molar-refractivity contribution is -0.307. The molecule has 0 atom stereocenters. The Morgan fingerprint density at radius 2 is 2.10 bits per heavy atom. The Morgan fingerprint density at radius 1 is 1.38 bits per heavy atom. The second-order valence-electron chi connectivity index (χ2n) is 3.62. The van der Waals surface area contributed by atoms with E-state index < -0.39 is 24.4 Å². The number of benzene rings is 1. The Morgan fingerprint density at radius 3 is 2.71 bits per heavy atom. The molecule has 2 N–H and O–H groups in total. The Labute approximate surface area is 124 Å². The number of aliphatic carboxylic acids is 1. The van der Waals surface area contributed by atoms with E-state index in [9.17, 15) is 19.5 Å². The van der Waals surface area contributed by atoms with E-state index in [0.29, 0.717) is 10.6 Å². The third-order valence-electron chi connectivity index (χ3n) is 2.12. The molecule has 0 bridgehead atoms. The molecule has 0 saturated heterocycles. The standard InChI is InChI=1S/C12H12ClN3O5/c1-14-11(19)12(20)16-15-5-7-4-8(13)2-3-9(7)21-6-10(17)18/h2-5H,6H2,1H3,(H,14,19)(H,16,20)(H,17,18)/p-1/b15-5-. The Kier molecular flexibility index (Phi) is 6.15. The van der Waals surface area contributed by atoms with Crippen LogP contribution >= 0.6 is 11.6 Å². The molecule has 0 aliphatic heterocycles. The molecule has 0 fully saturated rings. The van der Waals surface area contributed by atoms with Crippen molar-refractivity contribution in [2.75, 3.05) is 13.7 Å². The second-order valence-corrected chi connectivity index (χ2v) is 4.06. The highest BCUT2D eigenvalue weighted by molar-refractivity contribution is 6.35. The summed E-state index contributed by atoms with van der Waals surface area (Å²) in [4.78, 5) is 32.5. The molecule has 0 aromatic heterocycles. The summed E-state index contributed by atoms with van der Waals surface area (Å²) in [6, 6.07) is 4.38. The van der Waals surface area contributed by atoms with Crippen molar-refractivity contribution in [3.05, 3.63) is 28.8 Å². The quantitative estimate of drug-likeness (QED) is 0.396. The van der Waals surface area contributed by atoms with Crippen LogP contribution in [-0.2, 0) is 14.4 Å². The van der Waals surface area contributed by atoms with Gasteiger partial charge < -0.3 is 20.0 Å². The number of hydrazone groups is 1. The van der Waals surface area contributed by atoms with Crippen LogP contribution in [0.15, 0.2) is 23.3 Å². The molecule has 0 aliphatic carbocycles. The third-order valence-corrected chi connectivity index (χ3v) is 2.36. The first-order chi connectivity index (χ1) is 9.93. The SMILES string of the molecule is CNC(=O)C(=O)N/N=C\c1cc(Cl)ccc1OCC(=O)[O-]. The molecule has 8 nitrogen and oxygen atoms in total. The van der Waals surface area contributed by atoms with Crippen molar-refractivity contribution in [1.82, 2.24) is 10.7 Å². The summed E-state index contributed by atoms with van der Waals surface area (Å²) in [7, 11) is 1.30. The number of likely N-dealkylation sites (N-methyl/N-ethyl adjacent to an activating group) is 1. The van der Waals surface area contributed by atoms with Gasteiger partial charge in [-0.3, -0.25) is 9.59 Å². The summed E-state index contributed by atoms with van der Waals surface area (Å²) in [5, 5.41) is 16.4. The van der Waals surface area contributed by atoms with E-state index in [0.717, 1.165) is 6.21 Å². The lowest BCUT2D eigenvalue weighted by atomic mass is 10.2. The molecule has 21 heavy (non-hydrogen) atoms. The zero-order chi connectivity index (χ0) is 15.8. The van der Waals surface area contributed by atoms with Gasteiger partial charge in [-0.15, -0.1) is 0 Å². The van der Waals surface area contributed by atoms with E-state index in [2.05, 4.69) is 10.4 Å². The van der Waals surface area contributed by atoms with E-state index in [1.54, 1.807) is 0 Å². The number of nitrogens with one attached hydrogen (secondary N) is 2. The van der Waals surface area contributed by atoms with Crippen LogP contribution in [-0.4, -0.2) is 37.7 Å². The number of carboxylic acids is 1. The molecule has 0 spiro atoms. The van der Waals surface area contributed by atoms with Crippen LogP contribution in [0, 0.1) is 0 Å². The number of carboxylic acid groups (broad SMARTS) is 1. The first-order valence-corrected chi connectivity index (χ1v) is 5.99. The highest BCUT2D eigenvalue weighted by Gasteiger charge is 2.09. The number of ether oxygens (including phenoxy) is 1. The average Bonchev–Trinajstić information content (AvgIpc) is 2.45. The van der Waals surface area contributed by atoms with Crippen LogP contribution in [0.5, 0.6) is 5.75 Å². The molecule has 2 amide bonds. The lowest BCUT2D eigenvalue weighted by Gasteiger charge is -2.09. The minimum atomic E-state index is -1.39. The van der Waals surface area contributed by atoms with Gasteiger partial charge in [0, 0.05) is 17.6 Å². The van der Waals surface area contributed by atoms with Crippen molar-refractivity contribution in [2.24, 2.45) is 5.10 Å². The smallest absolute Gasteiger partial charge is 0.329 e. The Balaban J connectivity index is 2.80. The number of hydrogen-bond donors (Lipinski definition) is 2. The normalized spacial score (nSPS) is 10.2. The first-order valence-electron chi connectivity index (χ1n) is 5.61. The average molecular weight is 313 g/mol. The number of nitrogens with zero attached hydrogens (tertiary/aromatic N) is 1. The van der Waals surface area contributed by atoms with Gasteiger partial charge in [-0.25, -0.2) is 5.43 Å². The zero-order valence-corrected chi connectivity index (χ0v) is 11.6. The maximum atomic E-state index is 11.2. The van der Waals surface area contributed by atoms with Gasteiger partial charge in [0.05, 0.1) is 12.2 Å². The summed E-state index contributed by atoms with van der Waals surface area (Å²) in [6.45, 7) is -0.646. The largest absolute Gasteiger partial charge is 0.546 e. The minimum absolute atomic E-state index is 0.182. The van der Waals surface area contributed by atoms with Gasteiger partial charge in [-0.2, -0.15) is 5.10 Å². The van der Waals surface area contributed by atoms with Gasteiger partial charge >= 0.3 is 11.8 Å². The molecular weight excluding hydrogens is 302 g/mol. The fraction of sp³-hybridized carbons (Fsp3) is 0.167. The van der Waals surface area contributed by atoms with E-state index in [1.165, 1.54) is 25.2 Å². The minimum Gasteiger partial charge on any atom is -0.546 e. The fourth-order valence-electron chi connectivity index (χ4n) is 1.21. The molecule has 0 saturated carbocycles. The number of halogens is 1. The fourth-order valence-corrected chi connectivity index (χ4v) is 1.39. The van der Waals surface area contributed by atoms with Crippen LogP contribution < -0.4 is 20.6 Å². The lowest BCUT2D eigenvalue weighted by Crippen LogP contribution is -2.35. The van der Waals surface area contributed by atoms with E-state index in [4.69, 9.17) is 16.3 Å². The summed E-state index contributed by atoms with van der Waals surface area (Å²) in [5.74, 6) is -3.01. The molecule has 112 valence electrons. The van der Waals surface area contributed by atoms with Gasteiger partial charge in [0.1, 0.15) is 12.4 Å². The number of carbonyl (C=O) groups excluding carboxylic acids is 3. The molecule has 1 rings (SSSR count). The monoisotopic (exact) mass is 312 g/mol. The maximum Gasteiger partial charge on any atom is 0.329 e. The van der Waals surface area contributed by atoms with Crippen molar-refractivity contribution >= 4 is 35.6 Å². The zero-order valence-electron chi connectivity index (χ0n) is 10.9. The van der Waals surface area contributed by atoms with Gasteiger partial charge in [0.15, 0.2) is 0 Å². The molecule has 0 heterocycles. The van der Waals surface area contributed by atoms with E-state index in [-0.39, 0.29) is 5.75 Å². The Bertz CT molecular complexity index is 588. The number of carbonyl (C=O) groups is 3. The van der Waals surface area contributed by atoms with Crippen molar-refractivity contribution < 1.29 is 24.2 Å². The Hall–Kier alpha value is -2.61. The van der Waals surface area contributed by atoms with Gasteiger partial charge in [0.2, 0.25) is 0 Å². The van der Waals surface area contributed by atoms with Crippen LogP contribution in [0.2, 0.25) is 5.02 Å². The van der Waals surface area contributed by atoms with Gasteiger partial charge in [-0.05, 0) is 18.2 Å².